The molecule has 0 N–H and O–H groups in total. The van der Waals surface area contributed by atoms with Gasteiger partial charge in [-0.25, -0.2) is 4.79 Å². The summed E-state index contributed by atoms with van der Waals surface area (Å²) < 4.78 is 15.3. The number of aldehydes is 1. The second-order valence-corrected chi connectivity index (χ2v) is 4.37. The largest absolute Gasteiger partial charge is 0.472 e. The van der Waals surface area contributed by atoms with Gasteiger partial charge in [0.05, 0.1) is 18.9 Å². The number of hydrogen-bond donors (Lipinski definition) is 0. The molecule has 5 heteroatoms. The maximum absolute atomic E-state index is 11.6. The Morgan fingerprint density at radius 3 is 2.82 bits per heavy atom. The second kappa shape index (κ2) is 4.87. The fourth-order valence-corrected chi connectivity index (χ4v) is 2.82. The minimum atomic E-state index is -0.453. The molecule has 2 aliphatic rings. The van der Waals surface area contributed by atoms with Crippen LogP contribution < -0.4 is 0 Å². The van der Waals surface area contributed by atoms with Crippen molar-refractivity contribution in [2.45, 2.75) is 19.1 Å². The molecule has 1 aliphatic carbocycles. The summed E-state index contributed by atoms with van der Waals surface area (Å²) in [5, 5.41) is 0. The van der Waals surface area contributed by atoms with E-state index in [4.69, 9.17) is 14.2 Å². The zero-order valence-corrected chi connectivity index (χ0v) is 9.92. The van der Waals surface area contributed by atoms with Gasteiger partial charge in [0.25, 0.3) is 0 Å². The molecule has 1 fully saturated rings. The smallest absolute Gasteiger partial charge is 0.337 e. The average molecular weight is 240 g/mol. The van der Waals surface area contributed by atoms with E-state index in [1.807, 2.05) is 0 Å². The van der Waals surface area contributed by atoms with Crippen LogP contribution in [-0.4, -0.2) is 32.8 Å². The summed E-state index contributed by atoms with van der Waals surface area (Å²) in [7, 11) is 2.88. The van der Waals surface area contributed by atoms with Crippen molar-refractivity contribution in [2.75, 3.05) is 14.2 Å². The first-order valence-corrected chi connectivity index (χ1v) is 5.64. The van der Waals surface area contributed by atoms with Gasteiger partial charge in [-0.3, -0.25) is 0 Å². The van der Waals surface area contributed by atoms with E-state index in [1.165, 1.54) is 13.4 Å². The van der Waals surface area contributed by atoms with Crippen molar-refractivity contribution in [2.24, 2.45) is 17.8 Å². The number of esters is 1. The van der Waals surface area contributed by atoms with Crippen molar-refractivity contribution in [3.63, 3.8) is 0 Å². The van der Waals surface area contributed by atoms with Gasteiger partial charge in [-0.05, 0) is 12.8 Å². The number of rotatable bonds is 3. The third-order valence-electron chi connectivity index (χ3n) is 3.64. The average Bonchev–Trinajstić information content (AvgIpc) is 2.80. The molecule has 94 valence electrons. The molecule has 0 amide bonds. The number of carbonyl (C=O) groups excluding carboxylic acids is 2. The van der Waals surface area contributed by atoms with Gasteiger partial charge in [0.15, 0.2) is 0 Å². The summed E-state index contributed by atoms with van der Waals surface area (Å²) in [5.74, 6) is -0.590. The van der Waals surface area contributed by atoms with E-state index < -0.39 is 6.29 Å². The van der Waals surface area contributed by atoms with Crippen LogP contribution in [0.5, 0.6) is 0 Å². The maximum atomic E-state index is 11.6. The molecule has 1 saturated carbocycles. The van der Waals surface area contributed by atoms with Crippen molar-refractivity contribution in [3.8, 4) is 0 Å². The van der Waals surface area contributed by atoms with E-state index >= 15 is 0 Å². The van der Waals surface area contributed by atoms with E-state index in [1.54, 1.807) is 7.11 Å². The molecule has 0 spiro atoms. The predicted molar refractivity (Wildman–Crippen MR) is 57.7 cm³/mol. The normalized spacial score (nSPS) is 35.5. The molecule has 0 bridgehead atoms. The van der Waals surface area contributed by atoms with Gasteiger partial charge in [0.2, 0.25) is 6.29 Å². The molecule has 17 heavy (non-hydrogen) atoms. The molecule has 2 rings (SSSR count). The second-order valence-electron chi connectivity index (χ2n) is 4.37. The Hall–Kier alpha value is -1.36. The van der Waals surface area contributed by atoms with Crippen LogP contribution in [0.3, 0.4) is 0 Å². The maximum Gasteiger partial charge on any atom is 0.337 e. The third-order valence-corrected chi connectivity index (χ3v) is 3.64. The summed E-state index contributed by atoms with van der Waals surface area (Å²) in [6.07, 6.45) is 3.44. The highest BCUT2D eigenvalue weighted by Crippen LogP contribution is 2.46. The topological polar surface area (TPSA) is 61.8 Å². The highest BCUT2D eigenvalue weighted by atomic mass is 16.7. The molecule has 0 aromatic carbocycles. The number of hydrogen-bond acceptors (Lipinski definition) is 5. The SMILES string of the molecule is COC(=O)C1=COC(OC)C2C(C=O)CCC12. The zero-order chi connectivity index (χ0) is 12.4. The lowest BCUT2D eigenvalue weighted by Crippen LogP contribution is -2.38. The molecule has 0 saturated heterocycles. The van der Waals surface area contributed by atoms with Gasteiger partial charge in [-0.2, -0.15) is 0 Å². The standard InChI is InChI=1S/C12H16O5/c1-15-11(14)9-6-17-12(16-2)10-7(5-13)3-4-8(9)10/h5-8,10,12H,3-4H2,1-2H3. The van der Waals surface area contributed by atoms with Gasteiger partial charge in [-0.1, -0.05) is 0 Å². The third kappa shape index (κ3) is 1.95. The Morgan fingerprint density at radius 1 is 1.47 bits per heavy atom. The van der Waals surface area contributed by atoms with Crippen molar-refractivity contribution < 1.29 is 23.8 Å². The van der Waals surface area contributed by atoms with Crippen molar-refractivity contribution >= 4 is 12.3 Å². The van der Waals surface area contributed by atoms with E-state index in [-0.39, 0.29) is 23.7 Å². The van der Waals surface area contributed by atoms with Crippen LogP contribution in [0.4, 0.5) is 0 Å². The van der Waals surface area contributed by atoms with Crippen molar-refractivity contribution in [1.29, 1.82) is 0 Å². The van der Waals surface area contributed by atoms with Crippen molar-refractivity contribution in [1.82, 2.24) is 0 Å². The Balaban J connectivity index is 2.27. The van der Waals surface area contributed by atoms with Crippen LogP contribution >= 0.6 is 0 Å². The Bertz CT molecular complexity index is 349. The lowest BCUT2D eigenvalue weighted by Gasteiger charge is -2.33. The first-order valence-electron chi connectivity index (χ1n) is 5.64. The van der Waals surface area contributed by atoms with Gasteiger partial charge < -0.3 is 19.0 Å². The number of carbonyl (C=O) groups is 2. The van der Waals surface area contributed by atoms with E-state index in [2.05, 4.69) is 0 Å². The highest BCUT2D eigenvalue weighted by Gasteiger charge is 2.48. The molecule has 4 unspecified atom stereocenters. The molecule has 0 radical (unpaired) electrons. The molecule has 0 aromatic rings. The summed E-state index contributed by atoms with van der Waals surface area (Å²) in [6, 6.07) is 0. The van der Waals surface area contributed by atoms with Crippen LogP contribution in [0.2, 0.25) is 0 Å². The quantitative estimate of drug-likeness (QED) is 0.541. The minimum Gasteiger partial charge on any atom is -0.472 e. The molecular weight excluding hydrogens is 224 g/mol. The lowest BCUT2D eigenvalue weighted by atomic mass is 9.83. The highest BCUT2D eigenvalue weighted by molar-refractivity contribution is 5.89. The van der Waals surface area contributed by atoms with Crippen LogP contribution in [0.1, 0.15) is 12.8 Å². The summed E-state index contributed by atoms with van der Waals surface area (Å²) in [4.78, 5) is 22.6. The van der Waals surface area contributed by atoms with Crippen LogP contribution in [0, 0.1) is 17.8 Å². The summed E-state index contributed by atoms with van der Waals surface area (Å²) in [6.45, 7) is 0. The predicted octanol–water partition coefficient (Wildman–Crippen LogP) is 0.887. The first-order chi connectivity index (χ1) is 8.22. The molecule has 4 atom stereocenters. The lowest BCUT2D eigenvalue weighted by molar-refractivity contribution is -0.156. The Morgan fingerprint density at radius 2 is 2.24 bits per heavy atom. The van der Waals surface area contributed by atoms with E-state index in [0.29, 0.717) is 5.57 Å². The zero-order valence-electron chi connectivity index (χ0n) is 9.92. The first kappa shape index (κ1) is 12.1. The van der Waals surface area contributed by atoms with E-state index in [9.17, 15) is 9.59 Å². The Labute approximate surface area is 99.7 Å². The van der Waals surface area contributed by atoms with Gasteiger partial charge in [0, 0.05) is 24.9 Å². The summed E-state index contributed by atoms with van der Waals surface area (Å²) in [5.41, 5.74) is 0.509. The molecule has 5 nitrogen and oxygen atoms in total. The molecule has 1 aliphatic heterocycles. The number of methoxy groups -OCH3 is 2. The van der Waals surface area contributed by atoms with E-state index in [0.717, 1.165) is 19.1 Å². The fraction of sp³-hybridized carbons (Fsp3) is 0.667. The van der Waals surface area contributed by atoms with Gasteiger partial charge in [0.1, 0.15) is 6.29 Å². The minimum absolute atomic E-state index is 0.00338. The summed E-state index contributed by atoms with van der Waals surface area (Å²) >= 11 is 0. The van der Waals surface area contributed by atoms with Crippen LogP contribution in [-0.2, 0) is 23.8 Å². The van der Waals surface area contributed by atoms with Gasteiger partial charge in [-0.15, -0.1) is 0 Å². The monoisotopic (exact) mass is 240 g/mol. The molecule has 1 heterocycles. The number of fused-ring (bicyclic) bond motifs is 1. The molecule has 0 aromatic heterocycles. The fourth-order valence-electron chi connectivity index (χ4n) is 2.82. The molecular formula is C12H16O5. The Kier molecular flexibility index (Phi) is 3.47. The van der Waals surface area contributed by atoms with Crippen LogP contribution in [0.25, 0.3) is 0 Å². The van der Waals surface area contributed by atoms with Crippen LogP contribution in [0.15, 0.2) is 11.8 Å². The van der Waals surface area contributed by atoms with Crippen molar-refractivity contribution in [3.05, 3.63) is 11.8 Å². The number of ether oxygens (including phenoxy) is 3. The van der Waals surface area contributed by atoms with Gasteiger partial charge >= 0.3 is 5.97 Å².